The molecule has 1 aliphatic rings. The first-order valence-electron chi connectivity index (χ1n) is 6.35. The first-order chi connectivity index (χ1) is 11.1. The molecule has 0 bridgehead atoms. The van der Waals surface area contributed by atoms with Gasteiger partial charge in [-0.1, -0.05) is 0 Å². The zero-order valence-electron chi connectivity index (χ0n) is 12.6. The largest absolute Gasteiger partial charge is 0.430 e. The number of hydrogen-bond donors (Lipinski definition) is 1. The van der Waals surface area contributed by atoms with Crippen molar-refractivity contribution < 1.29 is 62.9 Å². The van der Waals surface area contributed by atoms with Crippen LogP contribution in [0.25, 0.3) is 0 Å². The molecule has 3 nitrogen and oxygen atoms in total. The zero-order valence-corrected chi connectivity index (χ0v) is 12.6. The quantitative estimate of drug-likeness (QED) is 0.334. The van der Waals surface area contributed by atoms with Crippen molar-refractivity contribution in [3.63, 3.8) is 0 Å². The first-order valence-corrected chi connectivity index (χ1v) is 6.35. The van der Waals surface area contributed by atoms with Crippen molar-refractivity contribution >= 4 is 5.97 Å². The summed E-state index contributed by atoms with van der Waals surface area (Å²) in [5.41, 5.74) is -9.04. The van der Waals surface area contributed by atoms with E-state index in [1.165, 1.54) is 0 Å². The normalized spacial score (nSPS) is 31.0. The molecule has 0 saturated heterocycles. The molecular formula is C12H9F11O3. The predicted molar refractivity (Wildman–Crippen MR) is 60.1 cm³/mol. The van der Waals surface area contributed by atoms with E-state index >= 15 is 0 Å². The minimum Gasteiger partial charge on any atom is -0.430 e. The summed E-state index contributed by atoms with van der Waals surface area (Å²) in [7, 11) is 0. The highest BCUT2D eigenvalue weighted by Crippen LogP contribution is 2.64. The molecule has 14 heteroatoms. The lowest BCUT2D eigenvalue weighted by Crippen LogP contribution is -2.52. The van der Waals surface area contributed by atoms with Crippen LogP contribution >= 0.6 is 0 Å². The molecule has 0 aromatic heterocycles. The molecule has 2 unspecified atom stereocenters. The molecule has 152 valence electrons. The summed E-state index contributed by atoms with van der Waals surface area (Å²) in [6.07, 6.45) is -13.0. The van der Waals surface area contributed by atoms with E-state index in [2.05, 4.69) is 4.74 Å². The van der Waals surface area contributed by atoms with Gasteiger partial charge < -0.3 is 9.84 Å². The van der Waals surface area contributed by atoms with Crippen molar-refractivity contribution in [1.29, 1.82) is 0 Å². The van der Waals surface area contributed by atoms with Gasteiger partial charge in [0.2, 0.25) is 17.6 Å². The number of rotatable bonds is 3. The standard InChI is InChI=1S/C12H9F11O3/c1-7(2,25)26-5(24)4(10(17,18)19)3-8(14)6(13)9(15,16)12(22,23)11(8,20)21/h3,6,25H,1-2H3/b4-3+. The molecular weight excluding hydrogens is 401 g/mol. The summed E-state index contributed by atoms with van der Waals surface area (Å²) in [6, 6.07) is 0. The maximum atomic E-state index is 14.1. The monoisotopic (exact) mass is 410 g/mol. The molecule has 0 radical (unpaired) electrons. The van der Waals surface area contributed by atoms with Crippen molar-refractivity contribution in [2.75, 3.05) is 0 Å². The molecule has 0 heterocycles. The van der Waals surface area contributed by atoms with Crippen LogP contribution in [0.15, 0.2) is 11.6 Å². The van der Waals surface area contributed by atoms with Gasteiger partial charge in [0.1, 0.15) is 5.57 Å². The van der Waals surface area contributed by atoms with E-state index in [0.717, 1.165) is 0 Å². The van der Waals surface area contributed by atoms with Crippen molar-refractivity contribution in [1.82, 2.24) is 0 Å². The Hall–Kier alpha value is -1.60. The maximum absolute atomic E-state index is 14.1. The Bertz CT molecular complexity index is 617. The van der Waals surface area contributed by atoms with Crippen LogP contribution < -0.4 is 0 Å². The fraction of sp³-hybridized carbons (Fsp3) is 0.750. The van der Waals surface area contributed by atoms with Gasteiger partial charge in [-0.15, -0.1) is 0 Å². The summed E-state index contributed by atoms with van der Waals surface area (Å²) in [6.45, 7) is 1.13. The lowest BCUT2D eigenvalue weighted by atomic mass is 9.95. The van der Waals surface area contributed by atoms with Crippen LogP contribution in [0.3, 0.4) is 0 Å². The molecule has 0 spiro atoms. The van der Waals surface area contributed by atoms with Crippen molar-refractivity contribution in [3.8, 4) is 0 Å². The number of allylic oxidation sites excluding steroid dienone is 1. The summed E-state index contributed by atoms with van der Waals surface area (Å²) in [5.74, 6) is -25.2. The second-order valence-corrected chi connectivity index (χ2v) is 5.79. The Morgan fingerprint density at radius 2 is 1.42 bits per heavy atom. The van der Waals surface area contributed by atoms with Gasteiger partial charge in [0.25, 0.3) is 0 Å². The van der Waals surface area contributed by atoms with Gasteiger partial charge in [-0.2, -0.15) is 39.5 Å². The van der Waals surface area contributed by atoms with Crippen LogP contribution in [0.1, 0.15) is 13.8 Å². The van der Waals surface area contributed by atoms with Gasteiger partial charge in [-0.3, -0.25) is 0 Å². The predicted octanol–water partition coefficient (Wildman–Crippen LogP) is 3.71. The highest BCUT2D eigenvalue weighted by molar-refractivity contribution is 5.90. The lowest BCUT2D eigenvalue weighted by molar-refractivity contribution is -0.285. The average molecular weight is 410 g/mol. The SMILES string of the molecule is CC(C)(O)OC(=O)/C(=C\C1(F)C(F)C(F)(F)C(F)(F)C1(F)F)C(F)(F)F. The molecule has 1 aliphatic carbocycles. The smallest absolute Gasteiger partial charge is 0.423 e. The number of ether oxygens (including phenoxy) is 1. The molecule has 2 atom stereocenters. The van der Waals surface area contributed by atoms with Crippen LogP contribution in [0.4, 0.5) is 48.3 Å². The van der Waals surface area contributed by atoms with E-state index in [1.54, 1.807) is 0 Å². The fourth-order valence-electron chi connectivity index (χ4n) is 1.94. The van der Waals surface area contributed by atoms with E-state index in [9.17, 15) is 53.1 Å². The van der Waals surface area contributed by atoms with E-state index in [4.69, 9.17) is 5.11 Å². The molecule has 1 rings (SSSR count). The average Bonchev–Trinajstić information content (AvgIpc) is 2.44. The summed E-state index contributed by atoms with van der Waals surface area (Å²) in [5, 5.41) is 9.05. The third kappa shape index (κ3) is 3.11. The number of carbonyl (C=O) groups excluding carboxylic acids is 1. The van der Waals surface area contributed by atoms with Gasteiger partial charge >= 0.3 is 29.9 Å². The molecule has 1 N–H and O–H groups in total. The highest BCUT2D eigenvalue weighted by atomic mass is 19.4. The van der Waals surface area contributed by atoms with E-state index in [1.807, 2.05) is 0 Å². The Labute approximate surface area is 137 Å². The fourth-order valence-corrected chi connectivity index (χ4v) is 1.94. The second kappa shape index (κ2) is 5.70. The second-order valence-electron chi connectivity index (χ2n) is 5.79. The minimum absolute atomic E-state index is 0.564. The van der Waals surface area contributed by atoms with Crippen LogP contribution in [0, 0.1) is 0 Å². The van der Waals surface area contributed by atoms with Gasteiger partial charge in [-0.25, -0.2) is 13.6 Å². The minimum atomic E-state index is -6.71. The number of halogens is 11. The molecule has 26 heavy (non-hydrogen) atoms. The Morgan fingerprint density at radius 3 is 1.69 bits per heavy atom. The zero-order chi connectivity index (χ0) is 21.1. The van der Waals surface area contributed by atoms with Gasteiger partial charge in [0.15, 0.2) is 0 Å². The number of hydrogen-bond acceptors (Lipinski definition) is 3. The molecule has 0 aromatic carbocycles. The van der Waals surface area contributed by atoms with Crippen LogP contribution in [0.2, 0.25) is 0 Å². The number of alkyl halides is 11. The Balaban J connectivity index is 3.64. The van der Waals surface area contributed by atoms with Crippen molar-refractivity contribution in [2.45, 2.75) is 55.4 Å². The molecule has 0 amide bonds. The lowest BCUT2D eigenvalue weighted by Gasteiger charge is -2.28. The molecule has 1 fully saturated rings. The van der Waals surface area contributed by atoms with Crippen LogP contribution in [-0.4, -0.2) is 52.6 Å². The first kappa shape index (κ1) is 22.4. The van der Waals surface area contributed by atoms with Crippen molar-refractivity contribution in [2.24, 2.45) is 0 Å². The van der Waals surface area contributed by atoms with E-state index in [-0.39, 0.29) is 0 Å². The topological polar surface area (TPSA) is 46.5 Å². The number of esters is 1. The van der Waals surface area contributed by atoms with Crippen LogP contribution in [-0.2, 0) is 9.53 Å². The number of carbonyl (C=O) groups is 1. The summed E-state index contributed by atoms with van der Waals surface area (Å²) in [4.78, 5) is 11.3. The summed E-state index contributed by atoms with van der Waals surface area (Å²) >= 11 is 0. The third-order valence-corrected chi connectivity index (χ3v) is 3.20. The van der Waals surface area contributed by atoms with Crippen molar-refractivity contribution in [3.05, 3.63) is 11.6 Å². The third-order valence-electron chi connectivity index (χ3n) is 3.20. The maximum Gasteiger partial charge on any atom is 0.423 e. The Morgan fingerprint density at radius 1 is 1.00 bits per heavy atom. The van der Waals surface area contributed by atoms with Gasteiger partial charge in [0.05, 0.1) is 0 Å². The summed E-state index contributed by atoms with van der Waals surface area (Å²) < 4.78 is 148. The van der Waals surface area contributed by atoms with E-state index in [0.29, 0.717) is 13.8 Å². The van der Waals surface area contributed by atoms with Gasteiger partial charge in [-0.05, 0) is 6.08 Å². The molecule has 1 saturated carbocycles. The number of aliphatic hydroxyl groups is 1. The van der Waals surface area contributed by atoms with E-state index < -0.39 is 59.2 Å². The van der Waals surface area contributed by atoms with Gasteiger partial charge in [0, 0.05) is 13.8 Å². The highest BCUT2D eigenvalue weighted by Gasteiger charge is 2.92. The van der Waals surface area contributed by atoms with Crippen LogP contribution in [0.5, 0.6) is 0 Å². The Kier molecular flexibility index (Phi) is 4.92. The molecule has 0 aromatic rings. The molecule has 0 aliphatic heterocycles.